The molecule has 0 spiro atoms. The lowest BCUT2D eigenvalue weighted by molar-refractivity contribution is -0.142. The molecule has 4 nitrogen and oxygen atoms in total. The topological polar surface area (TPSA) is 55.4 Å². The van der Waals surface area contributed by atoms with Gasteiger partial charge >= 0.3 is 5.97 Å². The number of carbonyl (C=O) groups excluding carboxylic acids is 2. The Balaban J connectivity index is 4.68. The van der Waals surface area contributed by atoms with Gasteiger partial charge in [0.25, 0.3) is 0 Å². The normalized spacial score (nSPS) is 12.5. The van der Waals surface area contributed by atoms with Crippen molar-refractivity contribution in [2.75, 3.05) is 0 Å². The molecule has 0 rings (SSSR count). The van der Waals surface area contributed by atoms with Crippen molar-refractivity contribution in [2.24, 2.45) is 0 Å². The predicted octanol–water partition coefficient (Wildman–Crippen LogP) is 1.80. The summed E-state index contributed by atoms with van der Waals surface area (Å²) in [5.74, 6) is -0.667. The molecule has 0 fully saturated rings. The van der Waals surface area contributed by atoms with E-state index in [2.05, 4.69) is 5.32 Å². The average molecular weight is 227 g/mol. The lowest BCUT2D eigenvalue weighted by Crippen LogP contribution is -2.31. The van der Waals surface area contributed by atoms with Crippen molar-refractivity contribution in [2.45, 2.75) is 53.7 Å². The zero-order valence-electron chi connectivity index (χ0n) is 10.9. The van der Waals surface area contributed by atoms with E-state index in [1.54, 1.807) is 27.7 Å². The highest BCUT2D eigenvalue weighted by atomic mass is 16.5. The van der Waals surface area contributed by atoms with Gasteiger partial charge in [0.1, 0.15) is 0 Å². The van der Waals surface area contributed by atoms with Gasteiger partial charge in [-0.1, -0.05) is 0 Å². The smallest absolute Gasteiger partial charge is 0.334 e. The summed E-state index contributed by atoms with van der Waals surface area (Å²) in [6.45, 7) is 10.5. The van der Waals surface area contributed by atoms with Crippen molar-refractivity contribution in [3.8, 4) is 0 Å². The molecule has 0 radical (unpaired) electrons. The molecular weight excluding hydrogens is 206 g/mol. The number of esters is 1. The number of amides is 1. The van der Waals surface area contributed by atoms with Crippen LogP contribution in [0.3, 0.4) is 0 Å². The van der Waals surface area contributed by atoms with Crippen molar-refractivity contribution in [1.82, 2.24) is 5.32 Å². The van der Waals surface area contributed by atoms with E-state index in [9.17, 15) is 9.59 Å². The molecule has 0 aliphatic heterocycles. The summed E-state index contributed by atoms with van der Waals surface area (Å²) < 4.78 is 5.01. The van der Waals surface area contributed by atoms with Gasteiger partial charge < -0.3 is 10.1 Å². The number of ether oxygens (including phenoxy) is 1. The molecule has 0 heterocycles. The summed E-state index contributed by atoms with van der Waals surface area (Å²) in [6, 6.07) is 0.0522. The molecule has 0 aromatic rings. The second-order valence-electron chi connectivity index (χ2n) is 4.33. The lowest BCUT2D eigenvalue weighted by atomic mass is 10.1. The Morgan fingerprint density at radius 1 is 1.00 bits per heavy atom. The maximum absolute atomic E-state index is 11.6. The Morgan fingerprint density at radius 2 is 1.50 bits per heavy atom. The first-order chi connectivity index (χ1) is 7.25. The van der Waals surface area contributed by atoms with Gasteiger partial charge in [0.05, 0.1) is 6.10 Å². The fourth-order valence-corrected chi connectivity index (χ4v) is 0.996. The third-order valence-electron chi connectivity index (χ3n) is 1.97. The van der Waals surface area contributed by atoms with Gasteiger partial charge in [-0.25, -0.2) is 4.79 Å². The standard InChI is InChI=1S/C12H21NO3/c1-7(2)13-11(14)9(5)10(6)12(15)16-8(3)4/h7-8H,1-6H3,(H,13,14)/b10-9+. The number of rotatable bonds is 4. The fraction of sp³-hybridized carbons (Fsp3) is 0.667. The van der Waals surface area contributed by atoms with Gasteiger partial charge in [-0.15, -0.1) is 0 Å². The first-order valence-corrected chi connectivity index (χ1v) is 5.45. The van der Waals surface area contributed by atoms with E-state index < -0.39 is 5.97 Å². The van der Waals surface area contributed by atoms with E-state index in [0.29, 0.717) is 11.1 Å². The fourth-order valence-electron chi connectivity index (χ4n) is 0.996. The molecule has 4 heteroatoms. The van der Waals surface area contributed by atoms with Gasteiger partial charge in [0.15, 0.2) is 0 Å². The molecule has 0 unspecified atom stereocenters. The van der Waals surface area contributed by atoms with E-state index in [1.807, 2.05) is 13.8 Å². The highest BCUT2D eigenvalue weighted by Gasteiger charge is 2.16. The molecule has 0 bridgehead atoms. The number of nitrogens with one attached hydrogen (secondary N) is 1. The zero-order chi connectivity index (χ0) is 12.9. The molecule has 0 aliphatic rings. The van der Waals surface area contributed by atoms with E-state index in [-0.39, 0.29) is 18.1 Å². The highest BCUT2D eigenvalue weighted by molar-refractivity contribution is 6.02. The predicted molar refractivity (Wildman–Crippen MR) is 62.9 cm³/mol. The van der Waals surface area contributed by atoms with Crippen LogP contribution in [0.15, 0.2) is 11.1 Å². The first kappa shape index (κ1) is 14.7. The summed E-state index contributed by atoms with van der Waals surface area (Å²) in [6.07, 6.45) is -0.177. The summed E-state index contributed by atoms with van der Waals surface area (Å²) in [5, 5.41) is 2.73. The van der Waals surface area contributed by atoms with Gasteiger partial charge in [-0.3, -0.25) is 4.79 Å². The third kappa shape index (κ3) is 4.96. The first-order valence-electron chi connectivity index (χ1n) is 5.45. The van der Waals surface area contributed by atoms with Gasteiger partial charge in [0.2, 0.25) is 5.91 Å². The molecule has 0 aromatic heterocycles. The summed E-state index contributed by atoms with van der Waals surface area (Å²) in [4.78, 5) is 23.1. The van der Waals surface area contributed by atoms with Crippen LogP contribution in [-0.4, -0.2) is 24.0 Å². The number of carbonyl (C=O) groups is 2. The number of hydrogen-bond acceptors (Lipinski definition) is 3. The van der Waals surface area contributed by atoms with Crippen molar-refractivity contribution >= 4 is 11.9 Å². The second-order valence-corrected chi connectivity index (χ2v) is 4.33. The van der Waals surface area contributed by atoms with Gasteiger partial charge in [-0.2, -0.15) is 0 Å². The third-order valence-corrected chi connectivity index (χ3v) is 1.97. The zero-order valence-corrected chi connectivity index (χ0v) is 10.9. The molecule has 0 saturated carbocycles. The maximum Gasteiger partial charge on any atom is 0.334 e. The molecule has 0 atom stereocenters. The largest absolute Gasteiger partial charge is 0.460 e. The van der Waals surface area contributed by atoms with E-state index in [4.69, 9.17) is 4.74 Å². The Morgan fingerprint density at radius 3 is 1.88 bits per heavy atom. The Bertz CT molecular complexity index is 273. The van der Waals surface area contributed by atoms with Crippen LogP contribution >= 0.6 is 0 Å². The van der Waals surface area contributed by atoms with E-state index >= 15 is 0 Å². The molecular formula is C12H21NO3. The number of hydrogen-bond donors (Lipinski definition) is 1. The summed E-state index contributed by atoms with van der Waals surface area (Å²) in [7, 11) is 0. The van der Waals surface area contributed by atoms with E-state index in [0.717, 1.165) is 0 Å². The lowest BCUT2D eigenvalue weighted by Gasteiger charge is -2.12. The molecule has 0 saturated heterocycles. The minimum Gasteiger partial charge on any atom is -0.460 e. The van der Waals surface area contributed by atoms with Crippen LogP contribution in [0.4, 0.5) is 0 Å². The van der Waals surface area contributed by atoms with Crippen LogP contribution < -0.4 is 5.32 Å². The van der Waals surface area contributed by atoms with Crippen LogP contribution in [-0.2, 0) is 14.3 Å². The SMILES string of the molecule is C/C(C(=O)NC(C)C)=C(/C)C(=O)OC(C)C. The molecule has 16 heavy (non-hydrogen) atoms. The molecule has 1 amide bonds. The quantitative estimate of drug-likeness (QED) is 0.588. The Labute approximate surface area is 97.1 Å². The molecule has 1 N–H and O–H groups in total. The van der Waals surface area contributed by atoms with Crippen molar-refractivity contribution in [3.05, 3.63) is 11.1 Å². The van der Waals surface area contributed by atoms with Crippen molar-refractivity contribution in [3.63, 3.8) is 0 Å². The van der Waals surface area contributed by atoms with Crippen molar-refractivity contribution < 1.29 is 14.3 Å². The van der Waals surface area contributed by atoms with Gasteiger partial charge in [-0.05, 0) is 41.5 Å². The second kappa shape index (κ2) is 6.30. The maximum atomic E-state index is 11.6. The minimum absolute atomic E-state index is 0.0522. The van der Waals surface area contributed by atoms with Crippen LogP contribution in [0.1, 0.15) is 41.5 Å². The van der Waals surface area contributed by atoms with Crippen LogP contribution in [0.2, 0.25) is 0 Å². The van der Waals surface area contributed by atoms with Crippen molar-refractivity contribution in [1.29, 1.82) is 0 Å². The molecule has 92 valence electrons. The Hall–Kier alpha value is -1.32. The molecule has 0 aromatic carbocycles. The average Bonchev–Trinajstić information content (AvgIpc) is 2.13. The minimum atomic E-state index is -0.439. The summed E-state index contributed by atoms with van der Waals surface area (Å²) in [5.41, 5.74) is 0.756. The summed E-state index contributed by atoms with van der Waals surface area (Å²) >= 11 is 0. The van der Waals surface area contributed by atoms with Gasteiger partial charge in [0, 0.05) is 17.2 Å². The molecule has 0 aliphatic carbocycles. The van der Waals surface area contributed by atoms with Crippen LogP contribution in [0, 0.1) is 0 Å². The van der Waals surface area contributed by atoms with E-state index in [1.165, 1.54) is 0 Å². The highest BCUT2D eigenvalue weighted by Crippen LogP contribution is 2.07. The Kier molecular flexibility index (Phi) is 5.78. The van der Waals surface area contributed by atoms with Crippen LogP contribution in [0.5, 0.6) is 0 Å². The monoisotopic (exact) mass is 227 g/mol. The van der Waals surface area contributed by atoms with Crippen LogP contribution in [0.25, 0.3) is 0 Å².